The van der Waals surface area contributed by atoms with Gasteiger partial charge in [0, 0.05) is 17.3 Å². The summed E-state index contributed by atoms with van der Waals surface area (Å²) < 4.78 is 40.4. The summed E-state index contributed by atoms with van der Waals surface area (Å²) in [6.45, 7) is 1.62. The molecule has 2 heterocycles. The van der Waals surface area contributed by atoms with E-state index in [4.69, 9.17) is 19.8 Å². The molecular formula is C23H24N2O5S. The summed E-state index contributed by atoms with van der Waals surface area (Å²) in [6.07, 6.45) is 0.715. The molecule has 0 radical (unpaired) electrons. The number of nitrogens with two attached hydrogens (primary N) is 1. The maximum Gasteiger partial charge on any atom is 0.261 e. The fourth-order valence-corrected chi connectivity index (χ4v) is 3.98. The Kier molecular flexibility index (Phi) is 5.86. The van der Waals surface area contributed by atoms with Gasteiger partial charge in [0.05, 0.1) is 23.3 Å². The second kappa shape index (κ2) is 8.58. The summed E-state index contributed by atoms with van der Waals surface area (Å²) in [5.74, 6) is 1.80. The molecule has 0 aliphatic carbocycles. The SMILES string of the molecule is CS(=O)(=O)O.NCCOc1cccc2c1c1cccc3c1n2[C@H](c1ccccc1)CO3. The predicted molar refractivity (Wildman–Crippen MR) is 122 cm³/mol. The van der Waals surface area contributed by atoms with E-state index in [0.717, 1.165) is 27.8 Å². The van der Waals surface area contributed by atoms with Crippen molar-refractivity contribution in [3.05, 3.63) is 72.3 Å². The minimum atomic E-state index is -3.67. The van der Waals surface area contributed by atoms with Crippen molar-refractivity contribution in [1.82, 2.24) is 4.57 Å². The van der Waals surface area contributed by atoms with Crippen molar-refractivity contribution in [2.24, 2.45) is 5.73 Å². The Morgan fingerprint density at radius 3 is 2.52 bits per heavy atom. The average molecular weight is 441 g/mol. The molecule has 0 spiro atoms. The minimum Gasteiger partial charge on any atom is -0.492 e. The number of aromatic nitrogens is 1. The van der Waals surface area contributed by atoms with E-state index in [1.54, 1.807) is 0 Å². The van der Waals surface area contributed by atoms with E-state index in [9.17, 15) is 8.42 Å². The Balaban J connectivity index is 0.000000418. The smallest absolute Gasteiger partial charge is 0.261 e. The van der Waals surface area contributed by atoms with Gasteiger partial charge in [-0.3, -0.25) is 4.55 Å². The lowest BCUT2D eigenvalue weighted by molar-refractivity contribution is 0.262. The molecule has 3 aromatic carbocycles. The maximum atomic E-state index is 9.19. The van der Waals surface area contributed by atoms with Crippen LogP contribution < -0.4 is 15.2 Å². The van der Waals surface area contributed by atoms with Crippen LogP contribution in [0.15, 0.2) is 66.7 Å². The van der Waals surface area contributed by atoms with Gasteiger partial charge < -0.3 is 19.8 Å². The van der Waals surface area contributed by atoms with Crippen molar-refractivity contribution in [1.29, 1.82) is 0 Å². The van der Waals surface area contributed by atoms with E-state index in [0.29, 0.717) is 26.0 Å². The van der Waals surface area contributed by atoms with Crippen LogP contribution in [0.4, 0.5) is 0 Å². The van der Waals surface area contributed by atoms with Crippen LogP contribution in [0.5, 0.6) is 11.5 Å². The molecule has 162 valence electrons. The van der Waals surface area contributed by atoms with Crippen LogP contribution in [0.3, 0.4) is 0 Å². The van der Waals surface area contributed by atoms with Crippen LogP contribution in [0, 0.1) is 0 Å². The molecule has 7 nitrogen and oxygen atoms in total. The normalized spacial score (nSPS) is 15.3. The molecule has 0 fully saturated rings. The summed E-state index contributed by atoms with van der Waals surface area (Å²) in [4.78, 5) is 0. The molecule has 1 aromatic heterocycles. The number of ether oxygens (including phenoxy) is 2. The Labute approximate surface area is 180 Å². The first kappa shape index (κ1) is 21.2. The molecule has 8 heteroatoms. The van der Waals surface area contributed by atoms with Gasteiger partial charge >= 0.3 is 0 Å². The molecule has 0 unspecified atom stereocenters. The Morgan fingerprint density at radius 2 is 1.81 bits per heavy atom. The van der Waals surface area contributed by atoms with Gasteiger partial charge in [-0.05, 0) is 23.8 Å². The number of hydrogen-bond donors (Lipinski definition) is 2. The zero-order chi connectivity index (χ0) is 22.0. The summed E-state index contributed by atoms with van der Waals surface area (Å²) in [5, 5.41) is 2.29. The zero-order valence-corrected chi connectivity index (χ0v) is 17.9. The van der Waals surface area contributed by atoms with Gasteiger partial charge in [0.1, 0.15) is 24.7 Å². The number of rotatable bonds is 4. The molecule has 0 saturated heterocycles. The summed E-state index contributed by atoms with van der Waals surface area (Å²) in [7, 11) is -3.67. The highest BCUT2D eigenvalue weighted by molar-refractivity contribution is 7.85. The predicted octanol–water partition coefficient (Wildman–Crippen LogP) is 3.62. The highest BCUT2D eigenvalue weighted by atomic mass is 32.2. The van der Waals surface area contributed by atoms with E-state index in [1.165, 1.54) is 11.1 Å². The van der Waals surface area contributed by atoms with Crippen molar-refractivity contribution in [2.75, 3.05) is 26.0 Å². The third-order valence-corrected chi connectivity index (χ3v) is 5.04. The van der Waals surface area contributed by atoms with E-state index < -0.39 is 10.1 Å². The molecule has 1 atom stereocenters. The van der Waals surface area contributed by atoms with E-state index >= 15 is 0 Å². The molecule has 3 N–H and O–H groups in total. The average Bonchev–Trinajstić information content (AvgIpc) is 3.09. The van der Waals surface area contributed by atoms with Crippen molar-refractivity contribution in [2.45, 2.75) is 6.04 Å². The molecule has 1 aliphatic heterocycles. The lowest BCUT2D eigenvalue weighted by Gasteiger charge is -2.27. The topological polar surface area (TPSA) is 104 Å². The summed E-state index contributed by atoms with van der Waals surface area (Å²) >= 11 is 0. The second-order valence-corrected chi connectivity index (χ2v) is 8.75. The molecule has 5 rings (SSSR count). The number of benzene rings is 3. The van der Waals surface area contributed by atoms with Gasteiger partial charge in [-0.2, -0.15) is 8.42 Å². The largest absolute Gasteiger partial charge is 0.492 e. The van der Waals surface area contributed by atoms with Crippen LogP contribution in [0.1, 0.15) is 11.6 Å². The van der Waals surface area contributed by atoms with Gasteiger partial charge in [0.2, 0.25) is 0 Å². The van der Waals surface area contributed by atoms with E-state index in [2.05, 4.69) is 41.0 Å². The molecule has 0 saturated carbocycles. The van der Waals surface area contributed by atoms with Crippen LogP contribution in [0.2, 0.25) is 0 Å². The third kappa shape index (κ3) is 4.36. The van der Waals surface area contributed by atoms with Crippen LogP contribution in [-0.4, -0.2) is 43.6 Å². The Hall–Kier alpha value is -3.07. The first-order chi connectivity index (χ1) is 14.9. The second-order valence-electron chi connectivity index (χ2n) is 7.28. The number of para-hydroxylation sites is 1. The Morgan fingerprint density at radius 1 is 1.10 bits per heavy atom. The van der Waals surface area contributed by atoms with Gasteiger partial charge in [-0.15, -0.1) is 0 Å². The monoisotopic (exact) mass is 440 g/mol. The van der Waals surface area contributed by atoms with Crippen molar-refractivity contribution in [3.8, 4) is 11.5 Å². The van der Waals surface area contributed by atoms with Crippen LogP contribution in [-0.2, 0) is 10.1 Å². The minimum absolute atomic E-state index is 0.135. The standard InChI is InChI=1S/C22H20N2O2.CH4O3S/c23-12-13-25-19-10-5-9-17-21(19)16-8-4-11-20-22(16)24(17)18(14-26-20)15-6-2-1-3-7-15;1-5(2,3)4/h1-11,18H,12-14,23H2;1H3,(H,2,3,4)/t18-;/m0./s1. The van der Waals surface area contributed by atoms with Gasteiger partial charge in [0.25, 0.3) is 10.1 Å². The zero-order valence-electron chi connectivity index (χ0n) is 17.1. The van der Waals surface area contributed by atoms with Gasteiger partial charge in [0.15, 0.2) is 0 Å². The number of nitrogens with zero attached hydrogens (tertiary/aromatic N) is 1. The molecular weight excluding hydrogens is 416 g/mol. The quantitative estimate of drug-likeness (QED) is 0.470. The first-order valence-electron chi connectivity index (χ1n) is 9.87. The lowest BCUT2D eigenvalue weighted by Crippen LogP contribution is -2.22. The van der Waals surface area contributed by atoms with Crippen LogP contribution in [0.25, 0.3) is 21.8 Å². The Bertz CT molecular complexity index is 1310. The molecule has 0 amide bonds. The molecule has 1 aliphatic rings. The number of hydrogen-bond acceptors (Lipinski definition) is 5. The fourth-order valence-electron chi connectivity index (χ4n) is 3.98. The van der Waals surface area contributed by atoms with Crippen molar-refractivity contribution in [3.63, 3.8) is 0 Å². The molecule has 4 aromatic rings. The van der Waals surface area contributed by atoms with E-state index in [-0.39, 0.29) is 6.04 Å². The first-order valence-corrected chi connectivity index (χ1v) is 11.7. The highest BCUT2D eigenvalue weighted by Gasteiger charge is 2.28. The molecule has 0 bridgehead atoms. The third-order valence-electron chi connectivity index (χ3n) is 5.04. The number of fused-ring (bicyclic) bond motifs is 3. The summed E-state index contributed by atoms with van der Waals surface area (Å²) in [6, 6.07) is 23.1. The fraction of sp³-hybridized carbons (Fsp3) is 0.217. The van der Waals surface area contributed by atoms with Gasteiger partial charge in [-0.1, -0.05) is 48.5 Å². The van der Waals surface area contributed by atoms with Crippen molar-refractivity contribution < 1.29 is 22.4 Å². The lowest BCUT2D eigenvalue weighted by atomic mass is 10.1. The van der Waals surface area contributed by atoms with Crippen molar-refractivity contribution >= 4 is 31.9 Å². The van der Waals surface area contributed by atoms with E-state index in [1.807, 2.05) is 30.3 Å². The van der Waals surface area contributed by atoms with Crippen LogP contribution >= 0.6 is 0 Å². The maximum absolute atomic E-state index is 9.19. The summed E-state index contributed by atoms with van der Waals surface area (Å²) in [5.41, 5.74) is 9.19. The van der Waals surface area contributed by atoms with Gasteiger partial charge in [-0.25, -0.2) is 0 Å². The molecule has 31 heavy (non-hydrogen) atoms. The highest BCUT2D eigenvalue weighted by Crippen LogP contribution is 2.44.